The summed E-state index contributed by atoms with van der Waals surface area (Å²) in [5, 5.41) is 5.62. The Morgan fingerprint density at radius 3 is 3.00 bits per heavy atom. The van der Waals surface area contributed by atoms with Crippen LogP contribution in [0, 0.1) is 0 Å². The Balaban J connectivity index is 2.43. The van der Waals surface area contributed by atoms with E-state index in [2.05, 4.69) is 36.4 Å². The van der Waals surface area contributed by atoms with E-state index in [-0.39, 0.29) is 0 Å². The van der Waals surface area contributed by atoms with Crippen molar-refractivity contribution < 1.29 is 0 Å². The highest BCUT2D eigenvalue weighted by molar-refractivity contribution is 5.78. The van der Waals surface area contributed by atoms with Crippen molar-refractivity contribution in [2.45, 2.75) is 19.9 Å². The largest absolute Gasteiger partial charge is 0.330 e. The summed E-state index contributed by atoms with van der Waals surface area (Å²) in [7, 11) is 0. The van der Waals surface area contributed by atoms with E-state index in [1.54, 1.807) is 0 Å². The van der Waals surface area contributed by atoms with Crippen molar-refractivity contribution in [3.63, 3.8) is 0 Å². The van der Waals surface area contributed by atoms with Crippen LogP contribution in [-0.4, -0.2) is 16.3 Å². The molecule has 0 amide bonds. The lowest BCUT2D eigenvalue weighted by atomic mass is 10.1. The van der Waals surface area contributed by atoms with Crippen LogP contribution in [0.1, 0.15) is 12.5 Å². The van der Waals surface area contributed by atoms with Gasteiger partial charge in [-0.1, -0.05) is 6.07 Å². The summed E-state index contributed by atoms with van der Waals surface area (Å²) in [5.41, 5.74) is 7.87. The number of aromatic nitrogens is 2. The standard InChI is InChI=1S/C11H15N3/c1-2-14-8-10-7-9(5-6-12)3-4-11(10)13-14/h3-4,7-8H,2,5-6,12H2,1H3. The van der Waals surface area contributed by atoms with E-state index in [0.29, 0.717) is 6.54 Å². The molecule has 2 N–H and O–H groups in total. The fourth-order valence-corrected chi connectivity index (χ4v) is 1.61. The number of fused-ring (bicyclic) bond motifs is 1. The minimum Gasteiger partial charge on any atom is -0.330 e. The van der Waals surface area contributed by atoms with Crippen LogP contribution in [0.3, 0.4) is 0 Å². The van der Waals surface area contributed by atoms with Gasteiger partial charge in [0.15, 0.2) is 0 Å². The molecule has 0 atom stereocenters. The smallest absolute Gasteiger partial charge is 0.0923 e. The van der Waals surface area contributed by atoms with E-state index in [1.165, 1.54) is 10.9 Å². The predicted molar refractivity (Wildman–Crippen MR) is 58.2 cm³/mol. The maximum atomic E-state index is 5.52. The van der Waals surface area contributed by atoms with E-state index >= 15 is 0 Å². The number of nitrogens with two attached hydrogens (primary N) is 1. The third-order valence-electron chi connectivity index (χ3n) is 2.37. The molecule has 0 bridgehead atoms. The van der Waals surface area contributed by atoms with Gasteiger partial charge in [-0.25, -0.2) is 0 Å². The van der Waals surface area contributed by atoms with Crippen molar-refractivity contribution in [1.82, 2.24) is 9.78 Å². The first kappa shape index (κ1) is 9.21. The number of hydrogen-bond donors (Lipinski definition) is 1. The second-order valence-electron chi connectivity index (χ2n) is 3.42. The van der Waals surface area contributed by atoms with Crippen molar-refractivity contribution >= 4 is 10.9 Å². The van der Waals surface area contributed by atoms with Crippen LogP contribution in [0.5, 0.6) is 0 Å². The van der Waals surface area contributed by atoms with Gasteiger partial charge in [0.2, 0.25) is 0 Å². The van der Waals surface area contributed by atoms with Crippen molar-refractivity contribution in [3.8, 4) is 0 Å². The van der Waals surface area contributed by atoms with E-state index < -0.39 is 0 Å². The zero-order valence-corrected chi connectivity index (χ0v) is 8.40. The first-order valence-electron chi connectivity index (χ1n) is 4.99. The Hall–Kier alpha value is -1.35. The third-order valence-corrected chi connectivity index (χ3v) is 2.37. The summed E-state index contributed by atoms with van der Waals surface area (Å²) >= 11 is 0. The topological polar surface area (TPSA) is 43.8 Å². The molecule has 2 aromatic rings. The second kappa shape index (κ2) is 3.80. The minimum absolute atomic E-state index is 0.702. The van der Waals surface area contributed by atoms with Gasteiger partial charge in [0, 0.05) is 18.1 Å². The van der Waals surface area contributed by atoms with E-state index in [9.17, 15) is 0 Å². The maximum Gasteiger partial charge on any atom is 0.0923 e. The van der Waals surface area contributed by atoms with Gasteiger partial charge in [0.1, 0.15) is 0 Å². The zero-order valence-electron chi connectivity index (χ0n) is 8.40. The van der Waals surface area contributed by atoms with Crippen LogP contribution < -0.4 is 5.73 Å². The maximum absolute atomic E-state index is 5.52. The third kappa shape index (κ3) is 1.63. The first-order valence-corrected chi connectivity index (χ1v) is 4.99. The quantitative estimate of drug-likeness (QED) is 0.796. The number of rotatable bonds is 3. The average Bonchev–Trinajstić information content (AvgIpc) is 2.60. The van der Waals surface area contributed by atoms with Gasteiger partial charge >= 0.3 is 0 Å². The van der Waals surface area contributed by atoms with Gasteiger partial charge < -0.3 is 5.73 Å². The normalized spacial score (nSPS) is 11.0. The Labute approximate surface area is 83.5 Å². The molecule has 2 rings (SSSR count). The lowest BCUT2D eigenvalue weighted by Crippen LogP contribution is -2.02. The molecule has 0 unspecified atom stereocenters. The van der Waals surface area contributed by atoms with Crippen molar-refractivity contribution in [2.75, 3.05) is 6.54 Å². The molecule has 1 aromatic heterocycles. The zero-order chi connectivity index (χ0) is 9.97. The van der Waals surface area contributed by atoms with Crippen LogP contribution in [0.4, 0.5) is 0 Å². The molecule has 0 fully saturated rings. The lowest BCUT2D eigenvalue weighted by molar-refractivity contribution is 0.668. The Bertz CT molecular complexity index is 431. The first-order chi connectivity index (χ1) is 6.83. The van der Waals surface area contributed by atoms with Gasteiger partial charge in [-0.2, -0.15) is 5.10 Å². The molecule has 3 heteroatoms. The Kier molecular flexibility index (Phi) is 2.50. The molecule has 1 heterocycles. The van der Waals surface area contributed by atoms with Crippen LogP contribution in [-0.2, 0) is 13.0 Å². The summed E-state index contributed by atoms with van der Waals surface area (Å²) in [4.78, 5) is 0. The molecule has 0 radical (unpaired) electrons. The molecule has 0 spiro atoms. The number of hydrogen-bond acceptors (Lipinski definition) is 2. The highest BCUT2D eigenvalue weighted by atomic mass is 15.3. The molecule has 74 valence electrons. The van der Waals surface area contributed by atoms with Gasteiger partial charge in [0.25, 0.3) is 0 Å². The number of aryl methyl sites for hydroxylation is 1. The molecular weight excluding hydrogens is 174 g/mol. The molecular formula is C11H15N3. The molecule has 0 saturated carbocycles. The van der Waals surface area contributed by atoms with Crippen LogP contribution in [0.2, 0.25) is 0 Å². The molecule has 0 aliphatic heterocycles. The lowest BCUT2D eigenvalue weighted by Gasteiger charge is -1.96. The van der Waals surface area contributed by atoms with Crippen molar-refractivity contribution in [1.29, 1.82) is 0 Å². The summed E-state index contributed by atoms with van der Waals surface area (Å²) in [6.07, 6.45) is 3.02. The fraction of sp³-hybridized carbons (Fsp3) is 0.364. The average molecular weight is 189 g/mol. The van der Waals surface area contributed by atoms with Crippen molar-refractivity contribution in [2.24, 2.45) is 5.73 Å². The molecule has 1 aromatic carbocycles. The number of benzene rings is 1. The molecule has 0 aliphatic rings. The van der Waals surface area contributed by atoms with E-state index in [1.807, 2.05) is 4.68 Å². The minimum atomic E-state index is 0.702. The van der Waals surface area contributed by atoms with E-state index in [0.717, 1.165) is 18.5 Å². The van der Waals surface area contributed by atoms with Crippen LogP contribution in [0.25, 0.3) is 10.9 Å². The van der Waals surface area contributed by atoms with Gasteiger partial charge in [-0.05, 0) is 37.6 Å². The molecule has 3 nitrogen and oxygen atoms in total. The molecule has 0 aliphatic carbocycles. The predicted octanol–water partition coefficient (Wildman–Crippen LogP) is 1.56. The number of nitrogens with zero attached hydrogens (tertiary/aromatic N) is 2. The summed E-state index contributed by atoms with van der Waals surface area (Å²) in [5.74, 6) is 0. The highest BCUT2D eigenvalue weighted by Gasteiger charge is 2.00. The van der Waals surface area contributed by atoms with Crippen LogP contribution in [0.15, 0.2) is 24.4 Å². The summed E-state index contributed by atoms with van der Waals surface area (Å²) in [6, 6.07) is 6.33. The Morgan fingerprint density at radius 1 is 1.43 bits per heavy atom. The van der Waals surface area contributed by atoms with Crippen molar-refractivity contribution in [3.05, 3.63) is 30.0 Å². The van der Waals surface area contributed by atoms with Gasteiger partial charge in [0.05, 0.1) is 5.52 Å². The second-order valence-corrected chi connectivity index (χ2v) is 3.42. The monoisotopic (exact) mass is 189 g/mol. The summed E-state index contributed by atoms with van der Waals surface area (Å²) in [6.45, 7) is 3.71. The molecule has 0 saturated heterocycles. The summed E-state index contributed by atoms with van der Waals surface area (Å²) < 4.78 is 1.96. The van der Waals surface area contributed by atoms with Gasteiger partial charge in [-0.3, -0.25) is 4.68 Å². The fourth-order valence-electron chi connectivity index (χ4n) is 1.61. The Morgan fingerprint density at radius 2 is 2.29 bits per heavy atom. The highest BCUT2D eigenvalue weighted by Crippen LogP contribution is 2.14. The van der Waals surface area contributed by atoms with E-state index in [4.69, 9.17) is 5.73 Å². The van der Waals surface area contributed by atoms with Gasteiger partial charge in [-0.15, -0.1) is 0 Å². The molecule has 14 heavy (non-hydrogen) atoms. The van der Waals surface area contributed by atoms with Crippen LogP contribution >= 0.6 is 0 Å². The SMILES string of the molecule is CCn1cc2cc(CCN)ccc2n1.